The fourth-order valence-corrected chi connectivity index (χ4v) is 2.06. The molecule has 0 amide bonds. The molecule has 0 saturated heterocycles. The minimum absolute atomic E-state index is 0.342. The average molecular weight is 292 g/mol. The second-order valence-electron chi connectivity index (χ2n) is 5.28. The molecule has 0 saturated carbocycles. The molecular weight excluding hydrogens is 272 g/mol. The average Bonchev–Trinajstić information content (AvgIpc) is 2.82. The maximum Gasteiger partial charge on any atom is 0.421 e. The number of azo groups is 1. The Hall–Kier alpha value is -1.68. The van der Waals surface area contributed by atoms with E-state index in [1.807, 2.05) is 36.7 Å². The van der Waals surface area contributed by atoms with Gasteiger partial charge in [-0.15, -0.1) is 0 Å². The molecular formula is C15H20ClN4+. The van der Waals surface area contributed by atoms with Crippen LogP contribution in [-0.4, -0.2) is 4.57 Å². The molecule has 0 spiro atoms. The van der Waals surface area contributed by atoms with Crippen molar-refractivity contribution >= 4 is 23.2 Å². The van der Waals surface area contributed by atoms with Crippen molar-refractivity contribution in [2.75, 3.05) is 0 Å². The Balaban J connectivity index is 2.36. The van der Waals surface area contributed by atoms with Crippen LogP contribution in [0.15, 0.2) is 46.9 Å². The molecule has 106 valence electrons. The van der Waals surface area contributed by atoms with E-state index in [0.29, 0.717) is 17.1 Å². The molecule has 4 nitrogen and oxygen atoms in total. The van der Waals surface area contributed by atoms with E-state index < -0.39 is 0 Å². The van der Waals surface area contributed by atoms with Crippen LogP contribution >= 0.6 is 11.6 Å². The molecule has 1 aromatic carbocycles. The van der Waals surface area contributed by atoms with Gasteiger partial charge in [-0.25, -0.2) is 9.13 Å². The predicted molar refractivity (Wildman–Crippen MR) is 81.0 cm³/mol. The summed E-state index contributed by atoms with van der Waals surface area (Å²) < 4.78 is 4.22. The van der Waals surface area contributed by atoms with Gasteiger partial charge in [0.15, 0.2) is 0 Å². The lowest BCUT2D eigenvalue weighted by Crippen LogP contribution is -2.34. The highest BCUT2D eigenvalue weighted by atomic mass is 35.5. The van der Waals surface area contributed by atoms with E-state index in [-0.39, 0.29) is 0 Å². The van der Waals surface area contributed by atoms with E-state index in [9.17, 15) is 0 Å². The van der Waals surface area contributed by atoms with Crippen molar-refractivity contribution in [3.8, 4) is 0 Å². The first kappa shape index (κ1) is 14.7. The lowest BCUT2D eigenvalue weighted by Gasteiger charge is -2.05. The number of halogens is 1. The molecule has 1 heterocycles. The summed E-state index contributed by atoms with van der Waals surface area (Å²) in [6, 6.07) is 8.02. The van der Waals surface area contributed by atoms with Crippen molar-refractivity contribution in [3.05, 3.63) is 41.7 Å². The molecule has 0 N–H and O–H groups in total. The van der Waals surface area contributed by atoms with Gasteiger partial charge in [-0.3, -0.25) is 0 Å². The van der Waals surface area contributed by atoms with Gasteiger partial charge < -0.3 is 0 Å². The van der Waals surface area contributed by atoms with Gasteiger partial charge in [0.1, 0.15) is 5.69 Å². The van der Waals surface area contributed by atoms with Crippen LogP contribution in [0.1, 0.15) is 39.8 Å². The number of aromatic nitrogens is 2. The number of hydrogen-bond donors (Lipinski definition) is 0. The first-order chi connectivity index (χ1) is 9.49. The van der Waals surface area contributed by atoms with Gasteiger partial charge >= 0.3 is 5.95 Å². The third-order valence-corrected chi connectivity index (χ3v) is 3.30. The van der Waals surface area contributed by atoms with E-state index in [4.69, 9.17) is 11.6 Å². The maximum atomic E-state index is 5.86. The molecule has 0 aliphatic carbocycles. The summed E-state index contributed by atoms with van der Waals surface area (Å²) in [4.78, 5) is 0. The Bertz CT molecular complexity index is 571. The summed E-state index contributed by atoms with van der Waals surface area (Å²) in [7, 11) is 0. The highest BCUT2D eigenvalue weighted by Crippen LogP contribution is 2.21. The predicted octanol–water partition coefficient (Wildman–Crippen LogP) is 5.01. The number of benzene rings is 1. The van der Waals surface area contributed by atoms with Crippen molar-refractivity contribution in [2.24, 2.45) is 10.2 Å². The highest BCUT2D eigenvalue weighted by molar-refractivity contribution is 6.30. The Labute approximate surface area is 124 Å². The van der Waals surface area contributed by atoms with Crippen LogP contribution in [0.2, 0.25) is 5.02 Å². The van der Waals surface area contributed by atoms with Gasteiger partial charge in [0.25, 0.3) is 0 Å². The van der Waals surface area contributed by atoms with Crippen LogP contribution in [0, 0.1) is 0 Å². The van der Waals surface area contributed by atoms with Crippen molar-refractivity contribution in [2.45, 2.75) is 39.8 Å². The number of nitrogens with zero attached hydrogens (tertiary/aromatic N) is 4. The normalized spacial score (nSPS) is 11.9. The van der Waals surface area contributed by atoms with E-state index in [1.54, 1.807) is 0 Å². The molecule has 0 bridgehead atoms. The number of hydrogen-bond acceptors (Lipinski definition) is 2. The highest BCUT2D eigenvalue weighted by Gasteiger charge is 2.21. The molecule has 2 aromatic rings. The lowest BCUT2D eigenvalue weighted by atomic mass is 10.3. The maximum absolute atomic E-state index is 5.86. The fourth-order valence-electron chi connectivity index (χ4n) is 1.93. The Morgan fingerprint density at radius 1 is 1.05 bits per heavy atom. The van der Waals surface area contributed by atoms with Crippen molar-refractivity contribution in [1.82, 2.24) is 4.57 Å². The van der Waals surface area contributed by atoms with Crippen LogP contribution in [-0.2, 0) is 0 Å². The van der Waals surface area contributed by atoms with Crippen LogP contribution in [0.25, 0.3) is 0 Å². The van der Waals surface area contributed by atoms with Crippen molar-refractivity contribution in [1.29, 1.82) is 0 Å². The molecule has 0 unspecified atom stereocenters. The van der Waals surface area contributed by atoms with Gasteiger partial charge in [-0.1, -0.05) is 16.7 Å². The molecule has 0 aliphatic rings. The SMILES string of the molecule is CC(C)n1cc[n+](C(C)C)c1N=Nc1ccc(Cl)cc1. The fraction of sp³-hybridized carbons (Fsp3) is 0.400. The summed E-state index contributed by atoms with van der Waals surface area (Å²) >= 11 is 5.86. The van der Waals surface area contributed by atoms with Crippen LogP contribution in [0.4, 0.5) is 11.6 Å². The minimum Gasteiger partial charge on any atom is -0.229 e. The molecule has 5 heteroatoms. The van der Waals surface area contributed by atoms with Crippen LogP contribution in [0.5, 0.6) is 0 Å². The number of imidazole rings is 1. The summed E-state index contributed by atoms with van der Waals surface area (Å²) in [6.07, 6.45) is 4.09. The zero-order valence-corrected chi connectivity index (χ0v) is 13.0. The van der Waals surface area contributed by atoms with Gasteiger partial charge in [-0.05, 0) is 52.0 Å². The minimum atomic E-state index is 0.342. The summed E-state index contributed by atoms with van der Waals surface area (Å²) in [6.45, 7) is 8.52. The molecule has 20 heavy (non-hydrogen) atoms. The third kappa shape index (κ3) is 3.25. The largest absolute Gasteiger partial charge is 0.421 e. The topological polar surface area (TPSA) is 33.5 Å². The van der Waals surface area contributed by atoms with Gasteiger partial charge in [0.05, 0.1) is 24.5 Å². The first-order valence-electron chi connectivity index (χ1n) is 6.78. The molecule has 0 radical (unpaired) electrons. The van der Waals surface area contributed by atoms with E-state index >= 15 is 0 Å². The summed E-state index contributed by atoms with van der Waals surface area (Å²) in [5, 5.41) is 9.42. The Kier molecular flexibility index (Phi) is 4.55. The second-order valence-corrected chi connectivity index (χ2v) is 5.71. The van der Waals surface area contributed by atoms with Crippen LogP contribution < -0.4 is 4.57 Å². The standard InChI is InChI=1S/C15H20ClN4/c1-11(2)19-9-10-20(12(3)4)15(19)18-17-14-7-5-13(16)6-8-14/h5-12H,1-4H3/q+1. The van der Waals surface area contributed by atoms with Gasteiger partial charge in [-0.2, -0.15) is 0 Å². The lowest BCUT2D eigenvalue weighted by molar-refractivity contribution is -0.703. The third-order valence-electron chi connectivity index (χ3n) is 3.04. The molecule has 0 fully saturated rings. The first-order valence-corrected chi connectivity index (χ1v) is 7.16. The monoisotopic (exact) mass is 291 g/mol. The number of rotatable bonds is 4. The summed E-state index contributed by atoms with van der Waals surface area (Å²) in [5.41, 5.74) is 0.793. The zero-order chi connectivity index (χ0) is 14.7. The van der Waals surface area contributed by atoms with Gasteiger partial charge in [0, 0.05) is 10.1 Å². The van der Waals surface area contributed by atoms with Gasteiger partial charge in [0.2, 0.25) is 0 Å². The van der Waals surface area contributed by atoms with E-state index in [0.717, 1.165) is 11.6 Å². The zero-order valence-electron chi connectivity index (χ0n) is 12.3. The molecule has 2 rings (SSSR count). The van der Waals surface area contributed by atoms with E-state index in [2.05, 4.69) is 47.1 Å². The molecule has 0 aliphatic heterocycles. The van der Waals surface area contributed by atoms with Crippen LogP contribution in [0.3, 0.4) is 0 Å². The van der Waals surface area contributed by atoms with Crippen molar-refractivity contribution in [3.63, 3.8) is 0 Å². The molecule has 0 atom stereocenters. The smallest absolute Gasteiger partial charge is 0.229 e. The quantitative estimate of drug-likeness (QED) is 0.561. The molecule has 1 aromatic heterocycles. The van der Waals surface area contributed by atoms with Crippen molar-refractivity contribution < 1.29 is 4.57 Å². The second kappa shape index (κ2) is 6.18. The Morgan fingerprint density at radius 3 is 2.25 bits per heavy atom. The summed E-state index contributed by atoms with van der Waals surface area (Å²) in [5.74, 6) is 0.852. The van der Waals surface area contributed by atoms with E-state index in [1.165, 1.54) is 0 Å². The Morgan fingerprint density at radius 2 is 1.70 bits per heavy atom.